The molecular weight excluding hydrogens is 419 g/mol. The predicted molar refractivity (Wildman–Crippen MR) is 114 cm³/mol. The standard InChI is InChI=1S/C20H23F2N5.2ClH/c1-13-16(10-23)20-24-7-6-19(27(20)25-13)15-3-2-8-26(12-15)11-14-4-5-17(21)18(22)9-14;;/h4-7,9,15H,2-3,8,10-12,23H2,1H3;2*1H/t15-;;/m0../s1. The van der Waals surface area contributed by atoms with Gasteiger partial charge < -0.3 is 5.73 Å². The lowest BCUT2D eigenvalue weighted by atomic mass is 9.94. The summed E-state index contributed by atoms with van der Waals surface area (Å²) in [6.45, 7) is 4.76. The van der Waals surface area contributed by atoms with Gasteiger partial charge in [-0.3, -0.25) is 4.90 Å². The number of hydrogen-bond acceptors (Lipinski definition) is 4. The molecule has 1 aromatic carbocycles. The summed E-state index contributed by atoms with van der Waals surface area (Å²) in [5, 5.41) is 4.65. The Kier molecular flexibility index (Phi) is 7.94. The maximum atomic E-state index is 13.5. The molecule has 0 radical (unpaired) electrons. The molecule has 158 valence electrons. The van der Waals surface area contributed by atoms with E-state index in [4.69, 9.17) is 5.73 Å². The lowest BCUT2D eigenvalue weighted by Gasteiger charge is -2.33. The molecule has 1 aliphatic rings. The molecule has 0 bridgehead atoms. The summed E-state index contributed by atoms with van der Waals surface area (Å²) in [6, 6.07) is 6.15. The average Bonchev–Trinajstić information content (AvgIpc) is 3.00. The Labute approximate surface area is 181 Å². The molecule has 9 heteroatoms. The lowest BCUT2D eigenvalue weighted by Crippen LogP contribution is -2.34. The Morgan fingerprint density at radius 2 is 1.97 bits per heavy atom. The van der Waals surface area contributed by atoms with Crippen molar-refractivity contribution in [2.24, 2.45) is 5.73 Å². The van der Waals surface area contributed by atoms with Gasteiger partial charge in [0.25, 0.3) is 0 Å². The molecule has 4 rings (SSSR count). The molecule has 3 aromatic rings. The number of piperidine rings is 1. The number of fused-ring (bicyclic) bond motifs is 1. The number of aryl methyl sites for hydroxylation is 1. The van der Waals surface area contributed by atoms with Crippen molar-refractivity contribution in [3.05, 3.63) is 64.6 Å². The molecule has 2 aromatic heterocycles. The minimum atomic E-state index is -0.806. The largest absolute Gasteiger partial charge is 0.326 e. The number of aromatic nitrogens is 3. The molecule has 5 nitrogen and oxygen atoms in total. The number of hydrogen-bond donors (Lipinski definition) is 1. The second kappa shape index (κ2) is 9.80. The molecular formula is C20H25Cl2F2N5. The highest BCUT2D eigenvalue weighted by Gasteiger charge is 2.25. The van der Waals surface area contributed by atoms with Crippen molar-refractivity contribution in [2.45, 2.75) is 38.8 Å². The Bertz CT molecular complexity index is 979. The molecule has 3 heterocycles. The van der Waals surface area contributed by atoms with Crippen LogP contribution in [0.2, 0.25) is 0 Å². The number of halogens is 4. The second-order valence-electron chi connectivity index (χ2n) is 7.20. The molecule has 0 saturated carbocycles. The van der Waals surface area contributed by atoms with Gasteiger partial charge in [0.1, 0.15) is 0 Å². The number of nitrogens with zero attached hydrogens (tertiary/aromatic N) is 4. The fourth-order valence-electron chi connectivity index (χ4n) is 4.00. The summed E-state index contributed by atoms with van der Waals surface area (Å²) in [5.74, 6) is -1.29. The van der Waals surface area contributed by atoms with E-state index in [0.717, 1.165) is 54.1 Å². The Morgan fingerprint density at radius 1 is 1.17 bits per heavy atom. The van der Waals surface area contributed by atoms with Crippen LogP contribution in [-0.4, -0.2) is 32.6 Å². The van der Waals surface area contributed by atoms with Gasteiger partial charge >= 0.3 is 0 Å². The molecule has 0 spiro atoms. The first kappa shape index (κ1) is 23.5. The maximum Gasteiger partial charge on any atom is 0.159 e. The van der Waals surface area contributed by atoms with Crippen LogP contribution < -0.4 is 5.73 Å². The summed E-state index contributed by atoms with van der Waals surface area (Å²) in [6.07, 6.45) is 3.92. The zero-order valence-corrected chi connectivity index (χ0v) is 17.8. The third-order valence-electron chi connectivity index (χ3n) is 5.36. The minimum Gasteiger partial charge on any atom is -0.326 e. The molecule has 1 fully saturated rings. The number of likely N-dealkylation sites (tertiary alicyclic amines) is 1. The highest BCUT2D eigenvalue weighted by Crippen LogP contribution is 2.29. The number of benzene rings is 1. The van der Waals surface area contributed by atoms with Crippen LogP contribution in [0.15, 0.2) is 30.5 Å². The second-order valence-corrected chi connectivity index (χ2v) is 7.20. The van der Waals surface area contributed by atoms with Gasteiger partial charge in [-0.15, -0.1) is 24.8 Å². The summed E-state index contributed by atoms with van der Waals surface area (Å²) < 4.78 is 28.6. The molecule has 0 unspecified atom stereocenters. The normalized spacial score (nSPS) is 17.0. The smallest absolute Gasteiger partial charge is 0.159 e. The van der Waals surface area contributed by atoms with E-state index in [1.807, 2.05) is 23.7 Å². The number of nitrogens with two attached hydrogens (primary N) is 1. The van der Waals surface area contributed by atoms with Gasteiger partial charge in [0.15, 0.2) is 17.3 Å². The first-order valence-corrected chi connectivity index (χ1v) is 9.26. The Morgan fingerprint density at radius 3 is 2.69 bits per heavy atom. The Hall–Kier alpha value is -1.80. The van der Waals surface area contributed by atoms with E-state index in [2.05, 4.69) is 15.0 Å². The zero-order chi connectivity index (χ0) is 19.0. The monoisotopic (exact) mass is 443 g/mol. The molecule has 0 aliphatic carbocycles. The summed E-state index contributed by atoms with van der Waals surface area (Å²) in [4.78, 5) is 6.75. The van der Waals surface area contributed by atoms with Crippen LogP contribution in [0, 0.1) is 18.6 Å². The van der Waals surface area contributed by atoms with Crippen LogP contribution in [0.3, 0.4) is 0 Å². The van der Waals surface area contributed by atoms with Gasteiger partial charge in [-0.05, 0) is 50.1 Å². The van der Waals surface area contributed by atoms with E-state index in [1.165, 1.54) is 12.1 Å². The first-order chi connectivity index (χ1) is 13.1. The first-order valence-electron chi connectivity index (χ1n) is 9.26. The minimum absolute atomic E-state index is 0. The van der Waals surface area contributed by atoms with Crippen molar-refractivity contribution in [3.8, 4) is 0 Å². The van der Waals surface area contributed by atoms with Crippen molar-refractivity contribution in [1.29, 1.82) is 0 Å². The highest BCUT2D eigenvalue weighted by molar-refractivity contribution is 5.85. The fraction of sp³-hybridized carbons (Fsp3) is 0.400. The maximum absolute atomic E-state index is 13.5. The summed E-state index contributed by atoms with van der Waals surface area (Å²) in [7, 11) is 0. The van der Waals surface area contributed by atoms with E-state index < -0.39 is 11.6 Å². The topological polar surface area (TPSA) is 59.5 Å². The van der Waals surface area contributed by atoms with Gasteiger partial charge in [0, 0.05) is 37.3 Å². The van der Waals surface area contributed by atoms with E-state index in [-0.39, 0.29) is 24.8 Å². The van der Waals surface area contributed by atoms with Crippen LogP contribution in [0.4, 0.5) is 8.78 Å². The van der Waals surface area contributed by atoms with Crippen LogP contribution in [0.5, 0.6) is 0 Å². The van der Waals surface area contributed by atoms with E-state index in [0.29, 0.717) is 19.0 Å². The van der Waals surface area contributed by atoms with Crippen molar-refractivity contribution in [1.82, 2.24) is 19.5 Å². The fourth-order valence-corrected chi connectivity index (χ4v) is 4.00. The van der Waals surface area contributed by atoms with Crippen molar-refractivity contribution < 1.29 is 8.78 Å². The molecule has 2 N–H and O–H groups in total. The average molecular weight is 444 g/mol. The molecule has 1 atom stereocenters. The van der Waals surface area contributed by atoms with Gasteiger partial charge in [-0.1, -0.05) is 6.07 Å². The van der Waals surface area contributed by atoms with Crippen LogP contribution >= 0.6 is 24.8 Å². The van der Waals surface area contributed by atoms with E-state index in [1.54, 1.807) is 6.07 Å². The van der Waals surface area contributed by atoms with E-state index in [9.17, 15) is 8.78 Å². The number of rotatable bonds is 4. The van der Waals surface area contributed by atoms with E-state index >= 15 is 0 Å². The predicted octanol–water partition coefficient (Wildman–Crippen LogP) is 4.00. The van der Waals surface area contributed by atoms with Crippen LogP contribution in [-0.2, 0) is 13.1 Å². The molecule has 29 heavy (non-hydrogen) atoms. The molecule has 1 aliphatic heterocycles. The van der Waals surface area contributed by atoms with Crippen molar-refractivity contribution >= 4 is 30.5 Å². The summed E-state index contributed by atoms with van der Waals surface area (Å²) >= 11 is 0. The Balaban J connectivity index is 0.00000150. The SMILES string of the molecule is Cc1nn2c([C@H]3CCCN(Cc4ccc(F)c(F)c4)C3)ccnc2c1CN.Cl.Cl. The third-order valence-corrected chi connectivity index (χ3v) is 5.36. The van der Waals surface area contributed by atoms with Gasteiger partial charge in [0.05, 0.1) is 11.4 Å². The van der Waals surface area contributed by atoms with Crippen LogP contribution in [0.25, 0.3) is 5.65 Å². The zero-order valence-electron chi connectivity index (χ0n) is 16.1. The van der Waals surface area contributed by atoms with Gasteiger partial charge in [0.2, 0.25) is 0 Å². The highest BCUT2D eigenvalue weighted by atomic mass is 35.5. The summed E-state index contributed by atoms with van der Waals surface area (Å²) in [5.41, 5.74) is 10.5. The molecule has 1 saturated heterocycles. The van der Waals surface area contributed by atoms with Crippen molar-refractivity contribution in [2.75, 3.05) is 13.1 Å². The van der Waals surface area contributed by atoms with Crippen LogP contribution in [0.1, 0.15) is 41.3 Å². The third kappa shape index (κ3) is 4.69. The van der Waals surface area contributed by atoms with Crippen molar-refractivity contribution in [3.63, 3.8) is 0 Å². The van der Waals surface area contributed by atoms with Gasteiger partial charge in [-0.2, -0.15) is 5.10 Å². The lowest BCUT2D eigenvalue weighted by molar-refractivity contribution is 0.197. The molecule has 0 amide bonds. The quantitative estimate of drug-likeness (QED) is 0.661. The van der Waals surface area contributed by atoms with Gasteiger partial charge in [-0.25, -0.2) is 18.3 Å².